The van der Waals surface area contributed by atoms with E-state index in [-0.39, 0.29) is 5.11 Å². The highest BCUT2D eigenvalue weighted by atomic mass is 32.1. The molecule has 0 aliphatic carbocycles. The summed E-state index contributed by atoms with van der Waals surface area (Å²) in [5, 5.41) is 5.91. The first kappa shape index (κ1) is 8.90. The monoisotopic (exact) mass is 203 g/mol. The molecule has 4 heteroatoms. The molecule has 3 nitrogen and oxygen atoms in total. The highest BCUT2D eigenvalue weighted by molar-refractivity contribution is 7.80. The van der Waals surface area contributed by atoms with Crippen LogP contribution in [-0.2, 0) is 0 Å². The van der Waals surface area contributed by atoms with E-state index in [4.69, 9.17) is 18.0 Å². The highest BCUT2D eigenvalue weighted by Gasteiger charge is 2.11. The van der Waals surface area contributed by atoms with Crippen LogP contribution >= 0.6 is 12.2 Å². The number of hydrazone groups is 1. The van der Waals surface area contributed by atoms with Gasteiger partial charge in [0.05, 0.1) is 5.69 Å². The molecule has 1 heterocycles. The summed E-state index contributed by atoms with van der Waals surface area (Å²) in [6.07, 6.45) is 5.49. The van der Waals surface area contributed by atoms with Gasteiger partial charge in [-0.2, -0.15) is 5.10 Å². The standard InChI is InChI=1S/C10H9N3S/c11-10(14)13-9-6-2-1-4-8(9)5-3-7-12-13/h1-7H,(H2,11,14). The summed E-state index contributed by atoms with van der Waals surface area (Å²) in [4.78, 5) is 0. The Morgan fingerprint density at radius 2 is 2.14 bits per heavy atom. The SMILES string of the molecule is NC(=S)N1N=CC=Cc2ccccc21. The van der Waals surface area contributed by atoms with Crippen molar-refractivity contribution in [3.63, 3.8) is 0 Å². The van der Waals surface area contributed by atoms with Crippen molar-refractivity contribution < 1.29 is 0 Å². The third-order valence-electron chi connectivity index (χ3n) is 1.92. The third-order valence-corrected chi connectivity index (χ3v) is 2.09. The number of hydrogen-bond acceptors (Lipinski definition) is 2. The molecular formula is C10H9N3S. The molecular weight excluding hydrogens is 194 g/mol. The van der Waals surface area contributed by atoms with Crippen LogP contribution in [0.3, 0.4) is 0 Å². The summed E-state index contributed by atoms with van der Waals surface area (Å²) < 4.78 is 0. The average Bonchev–Trinajstić information content (AvgIpc) is 2.39. The molecule has 70 valence electrons. The summed E-state index contributed by atoms with van der Waals surface area (Å²) in [7, 11) is 0. The Morgan fingerprint density at radius 1 is 1.36 bits per heavy atom. The first-order valence-corrected chi connectivity index (χ1v) is 4.59. The number of anilines is 1. The Bertz CT molecular complexity index is 423. The van der Waals surface area contributed by atoms with E-state index in [1.54, 1.807) is 11.2 Å². The molecule has 1 aromatic rings. The topological polar surface area (TPSA) is 41.6 Å². The molecule has 1 aromatic carbocycles. The molecule has 0 spiro atoms. The molecule has 0 saturated carbocycles. The van der Waals surface area contributed by atoms with Crippen molar-refractivity contribution >= 4 is 35.3 Å². The van der Waals surface area contributed by atoms with Crippen LogP contribution in [0.4, 0.5) is 5.69 Å². The molecule has 0 aromatic heterocycles. The fourth-order valence-electron chi connectivity index (χ4n) is 1.31. The zero-order valence-corrected chi connectivity index (χ0v) is 8.24. The predicted octanol–water partition coefficient (Wildman–Crippen LogP) is 1.75. The van der Waals surface area contributed by atoms with Crippen molar-refractivity contribution in [1.82, 2.24) is 0 Å². The predicted molar refractivity (Wildman–Crippen MR) is 63.2 cm³/mol. The van der Waals surface area contributed by atoms with Crippen LogP contribution in [0.1, 0.15) is 5.56 Å². The third kappa shape index (κ3) is 1.52. The molecule has 2 rings (SSSR count). The molecule has 0 saturated heterocycles. The van der Waals surface area contributed by atoms with Gasteiger partial charge in [0.1, 0.15) is 0 Å². The molecule has 0 bridgehead atoms. The van der Waals surface area contributed by atoms with Crippen LogP contribution < -0.4 is 10.7 Å². The molecule has 0 radical (unpaired) electrons. The number of benzene rings is 1. The van der Waals surface area contributed by atoms with E-state index in [0.717, 1.165) is 11.3 Å². The Balaban J connectivity index is 2.55. The quantitative estimate of drug-likeness (QED) is 0.653. The van der Waals surface area contributed by atoms with Crippen LogP contribution in [0.25, 0.3) is 6.08 Å². The molecule has 0 unspecified atom stereocenters. The van der Waals surface area contributed by atoms with E-state index < -0.39 is 0 Å². The van der Waals surface area contributed by atoms with E-state index >= 15 is 0 Å². The van der Waals surface area contributed by atoms with E-state index in [1.807, 2.05) is 36.4 Å². The van der Waals surface area contributed by atoms with Crippen LogP contribution in [0.15, 0.2) is 35.4 Å². The second-order valence-electron chi connectivity index (χ2n) is 2.83. The largest absolute Gasteiger partial charge is 0.374 e. The second kappa shape index (κ2) is 3.59. The lowest BCUT2D eigenvalue weighted by Crippen LogP contribution is -2.30. The number of para-hydroxylation sites is 1. The number of hydrogen-bond donors (Lipinski definition) is 1. The zero-order chi connectivity index (χ0) is 9.97. The van der Waals surface area contributed by atoms with Gasteiger partial charge < -0.3 is 5.73 Å². The minimum Gasteiger partial charge on any atom is -0.374 e. The van der Waals surface area contributed by atoms with Crippen molar-refractivity contribution in [2.45, 2.75) is 0 Å². The molecule has 0 atom stereocenters. The number of rotatable bonds is 0. The maximum Gasteiger partial charge on any atom is 0.191 e. The zero-order valence-electron chi connectivity index (χ0n) is 7.42. The first-order chi connectivity index (χ1) is 6.79. The van der Waals surface area contributed by atoms with E-state index in [1.165, 1.54) is 0 Å². The Labute approximate surface area is 87.5 Å². The van der Waals surface area contributed by atoms with Gasteiger partial charge in [-0.1, -0.05) is 24.3 Å². The number of nitrogens with two attached hydrogens (primary N) is 1. The minimum absolute atomic E-state index is 0.248. The van der Waals surface area contributed by atoms with Gasteiger partial charge in [-0.25, -0.2) is 5.01 Å². The Hall–Kier alpha value is -1.68. The van der Waals surface area contributed by atoms with Crippen molar-refractivity contribution in [2.75, 3.05) is 5.01 Å². The Morgan fingerprint density at radius 3 is 2.93 bits per heavy atom. The molecule has 0 fully saturated rings. The van der Waals surface area contributed by atoms with Crippen LogP contribution in [-0.4, -0.2) is 11.3 Å². The highest BCUT2D eigenvalue weighted by Crippen LogP contribution is 2.23. The second-order valence-corrected chi connectivity index (χ2v) is 3.25. The van der Waals surface area contributed by atoms with Gasteiger partial charge in [0.2, 0.25) is 0 Å². The number of allylic oxidation sites excluding steroid dienone is 1. The molecule has 0 amide bonds. The number of fused-ring (bicyclic) bond motifs is 1. The van der Waals surface area contributed by atoms with E-state index in [0.29, 0.717) is 0 Å². The van der Waals surface area contributed by atoms with E-state index in [9.17, 15) is 0 Å². The van der Waals surface area contributed by atoms with Gasteiger partial charge in [0, 0.05) is 11.8 Å². The van der Waals surface area contributed by atoms with Crippen LogP contribution in [0, 0.1) is 0 Å². The fraction of sp³-hybridized carbons (Fsp3) is 0. The van der Waals surface area contributed by atoms with Crippen molar-refractivity contribution in [2.24, 2.45) is 10.8 Å². The van der Waals surface area contributed by atoms with Crippen molar-refractivity contribution in [1.29, 1.82) is 0 Å². The normalized spacial score (nSPS) is 13.6. The van der Waals surface area contributed by atoms with Crippen molar-refractivity contribution in [3.05, 3.63) is 35.9 Å². The molecule has 14 heavy (non-hydrogen) atoms. The smallest absolute Gasteiger partial charge is 0.191 e. The summed E-state index contributed by atoms with van der Waals surface area (Å²) in [6.45, 7) is 0. The van der Waals surface area contributed by atoms with Gasteiger partial charge in [-0.3, -0.25) is 0 Å². The lowest BCUT2D eigenvalue weighted by Gasteiger charge is -2.17. The number of nitrogens with zero attached hydrogens (tertiary/aromatic N) is 2. The summed E-state index contributed by atoms with van der Waals surface area (Å²) in [5.74, 6) is 0. The van der Waals surface area contributed by atoms with Gasteiger partial charge in [-0.05, 0) is 24.4 Å². The molecule has 1 aliphatic heterocycles. The first-order valence-electron chi connectivity index (χ1n) is 4.18. The summed E-state index contributed by atoms with van der Waals surface area (Å²) in [6, 6.07) is 7.82. The van der Waals surface area contributed by atoms with E-state index in [2.05, 4.69) is 5.10 Å². The average molecular weight is 203 g/mol. The lowest BCUT2D eigenvalue weighted by atomic mass is 10.1. The molecule has 2 N–H and O–H groups in total. The summed E-state index contributed by atoms with van der Waals surface area (Å²) in [5.41, 5.74) is 7.53. The van der Waals surface area contributed by atoms with Gasteiger partial charge in [0.25, 0.3) is 0 Å². The minimum atomic E-state index is 0.248. The van der Waals surface area contributed by atoms with Gasteiger partial charge >= 0.3 is 0 Å². The van der Waals surface area contributed by atoms with Crippen LogP contribution in [0.5, 0.6) is 0 Å². The van der Waals surface area contributed by atoms with Crippen LogP contribution in [0.2, 0.25) is 0 Å². The summed E-state index contributed by atoms with van der Waals surface area (Å²) >= 11 is 4.91. The maximum atomic E-state index is 5.57. The van der Waals surface area contributed by atoms with Crippen molar-refractivity contribution in [3.8, 4) is 0 Å². The molecule has 1 aliphatic rings. The lowest BCUT2D eigenvalue weighted by molar-refractivity contribution is 1.14. The number of thiocarbonyl (C=S) groups is 1. The maximum absolute atomic E-state index is 5.57. The fourth-order valence-corrected chi connectivity index (χ4v) is 1.46. The van der Waals surface area contributed by atoms with Gasteiger partial charge in [-0.15, -0.1) is 0 Å². The Kier molecular flexibility index (Phi) is 2.28. The van der Waals surface area contributed by atoms with Gasteiger partial charge in [0.15, 0.2) is 5.11 Å².